The number of rotatable bonds is 6. The molecule has 0 spiro atoms. The van der Waals surface area contributed by atoms with Gasteiger partial charge in [0.15, 0.2) is 17.3 Å². The molecule has 0 aliphatic carbocycles. The predicted molar refractivity (Wildman–Crippen MR) is 62.3 cm³/mol. The molecule has 0 aliphatic heterocycles. The van der Waals surface area contributed by atoms with Gasteiger partial charge in [0.2, 0.25) is 5.91 Å². The Kier molecular flexibility index (Phi) is 4.51. The standard InChI is InChI=1S/C12H15NO4/c1-8(14)9-3-4-10(11(7-9)16-2)17-6-5-12(13)15/h3-4,7H,5-6H2,1-2H3,(H2,13,15). The second kappa shape index (κ2) is 5.89. The maximum absolute atomic E-state index is 11.2. The van der Waals surface area contributed by atoms with Crippen LogP contribution in [0.15, 0.2) is 18.2 Å². The summed E-state index contributed by atoms with van der Waals surface area (Å²) < 4.78 is 10.4. The van der Waals surface area contributed by atoms with Crippen LogP contribution >= 0.6 is 0 Å². The van der Waals surface area contributed by atoms with Crippen LogP contribution in [0.2, 0.25) is 0 Å². The Labute approximate surface area is 99.5 Å². The molecule has 0 fully saturated rings. The summed E-state index contributed by atoms with van der Waals surface area (Å²) in [7, 11) is 1.49. The van der Waals surface area contributed by atoms with Crippen molar-refractivity contribution in [2.45, 2.75) is 13.3 Å². The number of nitrogens with two attached hydrogens (primary N) is 1. The molecule has 5 heteroatoms. The van der Waals surface area contributed by atoms with E-state index in [-0.39, 0.29) is 18.8 Å². The van der Waals surface area contributed by atoms with E-state index < -0.39 is 5.91 Å². The molecule has 2 N–H and O–H groups in total. The Balaban J connectivity index is 2.78. The number of carbonyl (C=O) groups excluding carboxylic acids is 2. The molecule has 1 rings (SSSR count). The van der Waals surface area contributed by atoms with Crippen LogP contribution < -0.4 is 15.2 Å². The third-order valence-electron chi connectivity index (χ3n) is 2.18. The lowest BCUT2D eigenvalue weighted by Gasteiger charge is -2.10. The minimum Gasteiger partial charge on any atom is -0.493 e. The Hall–Kier alpha value is -2.04. The van der Waals surface area contributed by atoms with Crippen LogP contribution in [-0.4, -0.2) is 25.4 Å². The first-order chi connectivity index (χ1) is 8.04. The quantitative estimate of drug-likeness (QED) is 0.753. The van der Waals surface area contributed by atoms with Crippen molar-refractivity contribution in [1.82, 2.24) is 0 Å². The van der Waals surface area contributed by atoms with Crippen LogP contribution in [-0.2, 0) is 4.79 Å². The molecule has 5 nitrogen and oxygen atoms in total. The summed E-state index contributed by atoms with van der Waals surface area (Å²) in [5.41, 5.74) is 5.54. The zero-order valence-corrected chi connectivity index (χ0v) is 9.86. The number of ketones is 1. The van der Waals surface area contributed by atoms with E-state index in [4.69, 9.17) is 15.2 Å². The molecule has 0 saturated heterocycles. The number of Topliss-reactive ketones (excluding diaryl/α,β-unsaturated/α-hetero) is 1. The Morgan fingerprint density at radius 1 is 1.29 bits per heavy atom. The fourth-order valence-corrected chi connectivity index (χ4v) is 1.27. The Morgan fingerprint density at radius 2 is 2.00 bits per heavy atom. The molecule has 0 heterocycles. The van der Waals surface area contributed by atoms with Crippen LogP contribution in [0.1, 0.15) is 23.7 Å². The fourth-order valence-electron chi connectivity index (χ4n) is 1.27. The molecule has 0 radical (unpaired) electrons. The molecule has 17 heavy (non-hydrogen) atoms. The van der Waals surface area contributed by atoms with Crippen LogP contribution in [0, 0.1) is 0 Å². The summed E-state index contributed by atoms with van der Waals surface area (Å²) in [6.07, 6.45) is 0.137. The van der Waals surface area contributed by atoms with Gasteiger partial charge in [-0.3, -0.25) is 9.59 Å². The minimum atomic E-state index is -0.427. The number of methoxy groups -OCH3 is 1. The molecule has 0 bridgehead atoms. The Morgan fingerprint density at radius 3 is 2.53 bits per heavy atom. The molecular formula is C12H15NO4. The van der Waals surface area contributed by atoms with Gasteiger partial charge in [0.1, 0.15) is 0 Å². The van der Waals surface area contributed by atoms with Crippen LogP contribution in [0.3, 0.4) is 0 Å². The Bertz CT molecular complexity index is 429. The maximum Gasteiger partial charge on any atom is 0.220 e. The molecule has 0 saturated carbocycles. The van der Waals surface area contributed by atoms with Crippen molar-refractivity contribution in [3.63, 3.8) is 0 Å². The summed E-state index contributed by atoms with van der Waals surface area (Å²) in [5, 5.41) is 0. The first-order valence-corrected chi connectivity index (χ1v) is 5.14. The van der Waals surface area contributed by atoms with Crippen LogP contribution in [0.5, 0.6) is 11.5 Å². The van der Waals surface area contributed by atoms with Crippen LogP contribution in [0.4, 0.5) is 0 Å². The highest BCUT2D eigenvalue weighted by atomic mass is 16.5. The van der Waals surface area contributed by atoms with Gasteiger partial charge in [0.25, 0.3) is 0 Å². The van der Waals surface area contributed by atoms with Crippen molar-refractivity contribution in [1.29, 1.82) is 0 Å². The molecule has 1 aromatic carbocycles. The third-order valence-corrected chi connectivity index (χ3v) is 2.18. The van der Waals surface area contributed by atoms with Gasteiger partial charge in [-0.05, 0) is 25.1 Å². The monoisotopic (exact) mass is 237 g/mol. The van der Waals surface area contributed by atoms with Crippen molar-refractivity contribution in [2.24, 2.45) is 5.73 Å². The number of primary amides is 1. The van der Waals surface area contributed by atoms with E-state index in [9.17, 15) is 9.59 Å². The number of ether oxygens (including phenoxy) is 2. The summed E-state index contributed by atoms with van der Waals surface area (Å²) >= 11 is 0. The second-order valence-electron chi connectivity index (χ2n) is 3.49. The van der Waals surface area contributed by atoms with Gasteiger partial charge < -0.3 is 15.2 Å². The number of carbonyl (C=O) groups is 2. The predicted octanol–water partition coefficient (Wildman–Crippen LogP) is 1.15. The fraction of sp³-hybridized carbons (Fsp3) is 0.333. The van der Waals surface area contributed by atoms with Crippen molar-refractivity contribution in [2.75, 3.05) is 13.7 Å². The molecule has 0 atom stereocenters. The molecule has 0 aliphatic rings. The van der Waals surface area contributed by atoms with Gasteiger partial charge in [0, 0.05) is 5.56 Å². The van der Waals surface area contributed by atoms with Gasteiger partial charge in [-0.15, -0.1) is 0 Å². The van der Waals surface area contributed by atoms with Crippen molar-refractivity contribution in [3.05, 3.63) is 23.8 Å². The lowest BCUT2D eigenvalue weighted by atomic mass is 10.1. The van der Waals surface area contributed by atoms with E-state index in [0.717, 1.165) is 0 Å². The molecule has 92 valence electrons. The van der Waals surface area contributed by atoms with Crippen LogP contribution in [0.25, 0.3) is 0 Å². The normalized spacial score (nSPS) is 9.76. The topological polar surface area (TPSA) is 78.6 Å². The van der Waals surface area contributed by atoms with Crippen molar-refractivity contribution >= 4 is 11.7 Å². The number of hydrogen-bond donors (Lipinski definition) is 1. The summed E-state index contributed by atoms with van der Waals surface area (Å²) in [6, 6.07) is 4.88. The zero-order valence-electron chi connectivity index (χ0n) is 9.86. The van der Waals surface area contributed by atoms with E-state index in [1.165, 1.54) is 14.0 Å². The van der Waals surface area contributed by atoms with E-state index in [0.29, 0.717) is 17.1 Å². The molecule has 0 unspecified atom stereocenters. The first kappa shape index (κ1) is 13.0. The third kappa shape index (κ3) is 3.79. The first-order valence-electron chi connectivity index (χ1n) is 5.14. The van der Waals surface area contributed by atoms with E-state index in [1.54, 1.807) is 18.2 Å². The van der Waals surface area contributed by atoms with Gasteiger partial charge in [0.05, 0.1) is 20.1 Å². The number of benzene rings is 1. The second-order valence-corrected chi connectivity index (χ2v) is 3.49. The largest absolute Gasteiger partial charge is 0.493 e. The summed E-state index contributed by atoms with van der Waals surface area (Å²) in [6.45, 7) is 1.66. The van der Waals surface area contributed by atoms with Gasteiger partial charge >= 0.3 is 0 Å². The highest BCUT2D eigenvalue weighted by Gasteiger charge is 2.08. The highest BCUT2D eigenvalue weighted by molar-refractivity contribution is 5.94. The van der Waals surface area contributed by atoms with Gasteiger partial charge in [-0.2, -0.15) is 0 Å². The van der Waals surface area contributed by atoms with E-state index in [2.05, 4.69) is 0 Å². The van der Waals surface area contributed by atoms with Crippen molar-refractivity contribution in [3.8, 4) is 11.5 Å². The number of hydrogen-bond acceptors (Lipinski definition) is 4. The molecular weight excluding hydrogens is 222 g/mol. The molecule has 1 amide bonds. The van der Waals surface area contributed by atoms with Crippen molar-refractivity contribution < 1.29 is 19.1 Å². The number of amides is 1. The molecule has 0 aromatic heterocycles. The lowest BCUT2D eigenvalue weighted by Crippen LogP contribution is -2.14. The van der Waals surface area contributed by atoms with Gasteiger partial charge in [-0.1, -0.05) is 0 Å². The smallest absolute Gasteiger partial charge is 0.220 e. The average molecular weight is 237 g/mol. The lowest BCUT2D eigenvalue weighted by molar-refractivity contribution is -0.118. The van der Waals surface area contributed by atoms with E-state index in [1.807, 2.05) is 0 Å². The summed E-state index contributed by atoms with van der Waals surface area (Å²) in [5.74, 6) is 0.470. The van der Waals surface area contributed by atoms with E-state index >= 15 is 0 Å². The minimum absolute atomic E-state index is 0.0491. The average Bonchev–Trinajstić information content (AvgIpc) is 2.28. The zero-order chi connectivity index (χ0) is 12.8. The summed E-state index contributed by atoms with van der Waals surface area (Å²) in [4.78, 5) is 21.7. The molecule has 1 aromatic rings. The van der Waals surface area contributed by atoms with Gasteiger partial charge in [-0.25, -0.2) is 0 Å². The highest BCUT2D eigenvalue weighted by Crippen LogP contribution is 2.28. The SMILES string of the molecule is COc1cc(C(C)=O)ccc1OCCC(N)=O. The maximum atomic E-state index is 11.2.